The van der Waals surface area contributed by atoms with E-state index in [1.165, 1.54) is 0 Å². The number of fused-ring (bicyclic) bond motifs is 6. The molecule has 0 fully saturated rings. The standard InChI is InChI=1S/C28H17ClN4O/c29-20-13-10-18(11-14-20)23-24-21-9-5-4-6-17(21)12-15-22(24)34-28-25(23)27-31-26(32-33(27)16-30-28)19-7-2-1-3-8-19/h1-16,23H. The molecule has 1 unspecified atom stereocenters. The second-order valence-electron chi connectivity index (χ2n) is 8.32. The fourth-order valence-electron chi connectivity index (χ4n) is 4.80. The minimum absolute atomic E-state index is 0.147. The third-order valence-corrected chi connectivity index (χ3v) is 6.59. The highest BCUT2D eigenvalue weighted by atomic mass is 35.5. The van der Waals surface area contributed by atoms with E-state index < -0.39 is 0 Å². The van der Waals surface area contributed by atoms with Gasteiger partial charge in [0.15, 0.2) is 11.5 Å². The van der Waals surface area contributed by atoms with Gasteiger partial charge in [-0.15, -0.1) is 5.10 Å². The first kappa shape index (κ1) is 19.3. The fourth-order valence-corrected chi connectivity index (χ4v) is 4.93. The smallest absolute Gasteiger partial charge is 0.228 e. The van der Waals surface area contributed by atoms with Crippen molar-refractivity contribution in [2.75, 3.05) is 0 Å². The van der Waals surface area contributed by atoms with Crippen molar-refractivity contribution in [2.45, 2.75) is 5.92 Å². The Labute approximate surface area is 200 Å². The van der Waals surface area contributed by atoms with E-state index in [2.05, 4.69) is 41.4 Å². The van der Waals surface area contributed by atoms with E-state index in [0.29, 0.717) is 16.7 Å². The summed E-state index contributed by atoms with van der Waals surface area (Å²) >= 11 is 6.25. The molecule has 0 radical (unpaired) electrons. The lowest BCUT2D eigenvalue weighted by Gasteiger charge is -2.29. The Kier molecular flexibility index (Phi) is 4.19. The van der Waals surface area contributed by atoms with Crippen LogP contribution in [0, 0.1) is 0 Å². The second-order valence-corrected chi connectivity index (χ2v) is 8.75. The highest BCUT2D eigenvalue weighted by Crippen LogP contribution is 2.50. The van der Waals surface area contributed by atoms with Crippen LogP contribution in [-0.2, 0) is 0 Å². The van der Waals surface area contributed by atoms with E-state index in [0.717, 1.165) is 44.4 Å². The minimum atomic E-state index is -0.147. The molecule has 2 aromatic heterocycles. The van der Waals surface area contributed by atoms with Gasteiger partial charge < -0.3 is 4.74 Å². The molecule has 7 rings (SSSR count). The summed E-state index contributed by atoms with van der Waals surface area (Å²) in [7, 11) is 0. The Hall–Kier alpha value is -4.22. The average Bonchev–Trinajstić information content (AvgIpc) is 3.33. The number of nitrogens with zero attached hydrogens (tertiary/aromatic N) is 4. The molecule has 0 aliphatic carbocycles. The number of aromatic nitrogens is 4. The number of hydrogen-bond acceptors (Lipinski definition) is 4. The predicted molar refractivity (Wildman–Crippen MR) is 133 cm³/mol. The van der Waals surface area contributed by atoms with E-state index in [4.69, 9.17) is 26.4 Å². The molecule has 6 heteroatoms. The van der Waals surface area contributed by atoms with E-state index in [1.807, 2.05) is 54.6 Å². The fraction of sp³-hybridized carbons (Fsp3) is 0.0357. The van der Waals surface area contributed by atoms with Gasteiger partial charge in [0, 0.05) is 22.1 Å². The van der Waals surface area contributed by atoms with Crippen LogP contribution in [0.3, 0.4) is 0 Å². The van der Waals surface area contributed by atoms with Crippen LogP contribution >= 0.6 is 11.6 Å². The maximum atomic E-state index is 6.37. The van der Waals surface area contributed by atoms with Crippen molar-refractivity contribution in [3.8, 4) is 23.0 Å². The second kappa shape index (κ2) is 7.40. The number of benzene rings is 4. The Balaban J connectivity index is 1.55. The van der Waals surface area contributed by atoms with Gasteiger partial charge in [-0.1, -0.05) is 84.4 Å². The molecule has 0 N–H and O–H groups in total. The quantitative estimate of drug-likeness (QED) is 0.282. The molecule has 34 heavy (non-hydrogen) atoms. The number of ether oxygens (including phenoxy) is 1. The molecular weight excluding hydrogens is 444 g/mol. The molecule has 162 valence electrons. The Bertz CT molecular complexity index is 1690. The summed E-state index contributed by atoms with van der Waals surface area (Å²) in [4.78, 5) is 9.59. The van der Waals surface area contributed by atoms with Gasteiger partial charge in [-0.25, -0.2) is 14.5 Å². The monoisotopic (exact) mass is 460 g/mol. The molecule has 1 aliphatic heterocycles. The van der Waals surface area contributed by atoms with Gasteiger partial charge in [-0.3, -0.25) is 0 Å². The van der Waals surface area contributed by atoms with Crippen LogP contribution < -0.4 is 4.74 Å². The predicted octanol–water partition coefficient (Wildman–Crippen LogP) is 6.88. The van der Waals surface area contributed by atoms with E-state index in [9.17, 15) is 0 Å². The van der Waals surface area contributed by atoms with Gasteiger partial charge in [0.05, 0.1) is 5.56 Å². The van der Waals surface area contributed by atoms with Crippen LogP contribution in [0.5, 0.6) is 11.6 Å². The maximum absolute atomic E-state index is 6.37. The van der Waals surface area contributed by atoms with Crippen LogP contribution in [0.25, 0.3) is 27.8 Å². The summed E-state index contributed by atoms with van der Waals surface area (Å²) in [5.74, 6) is 1.84. The lowest BCUT2D eigenvalue weighted by Crippen LogP contribution is -2.15. The van der Waals surface area contributed by atoms with Crippen molar-refractivity contribution in [2.24, 2.45) is 0 Å². The molecule has 0 spiro atoms. The first-order valence-electron chi connectivity index (χ1n) is 11.0. The number of hydrogen-bond donors (Lipinski definition) is 0. The van der Waals surface area contributed by atoms with Crippen molar-refractivity contribution in [1.82, 2.24) is 19.6 Å². The SMILES string of the molecule is Clc1ccc(C2c3c(ccc4ccccc34)Oc3ncn4nc(-c5ccccc5)nc4c32)cc1. The third kappa shape index (κ3) is 2.91. The summed E-state index contributed by atoms with van der Waals surface area (Å²) < 4.78 is 8.11. The van der Waals surface area contributed by atoms with Gasteiger partial charge in [0.2, 0.25) is 5.88 Å². The van der Waals surface area contributed by atoms with Gasteiger partial charge >= 0.3 is 0 Å². The molecule has 3 heterocycles. The zero-order valence-electron chi connectivity index (χ0n) is 17.9. The highest BCUT2D eigenvalue weighted by Gasteiger charge is 2.34. The molecule has 0 bridgehead atoms. The molecule has 1 aliphatic rings. The van der Waals surface area contributed by atoms with Gasteiger partial charge in [0.25, 0.3) is 0 Å². The average molecular weight is 461 g/mol. The van der Waals surface area contributed by atoms with Crippen LogP contribution in [0.4, 0.5) is 0 Å². The van der Waals surface area contributed by atoms with Crippen LogP contribution in [-0.4, -0.2) is 19.6 Å². The van der Waals surface area contributed by atoms with Crippen molar-refractivity contribution >= 4 is 28.0 Å². The molecule has 6 aromatic rings. The summed E-state index contributed by atoms with van der Waals surface area (Å²) in [6.07, 6.45) is 1.67. The molecule has 4 aromatic carbocycles. The molecule has 5 nitrogen and oxygen atoms in total. The maximum Gasteiger partial charge on any atom is 0.228 e. The van der Waals surface area contributed by atoms with Crippen molar-refractivity contribution in [3.63, 3.8) is 0 Å². The Morgan fingerprint density at radius 1 is 0.794 bits per heavy atom. The molecule has 1 atom stereocenters. The molecule has 0 saturated heterocycles. The van der Waals surface area contributed by atoms with E-state index in [1.54, 1.807) is 10.8 Å². The Morgan fingerprint density at radius 3 is 2.44 bits per heavy atom. The third-order valence-electron chi connectivity index (χ3n) is 6.34. The zero-order valence-corrected chi connectivity index (χ0v) is 18.6. The lowest BCUT2D eigenvalue weighted by molar-refractivity contribution is 0.433. The number of rotatable bonds is 2. The van der Waals surface area contributed by atoms with Crippen LogP contribution in [0.2, 0.25) is 5.02 Å². The largest absolute Gasteiger partial charge is 0.438 e. The Morgan fingerprint density at radius 2 is 1.59 bits per heavy atom. The zero-order chi connectivity index (χ0) is 22.6. The lowest BCUT2D eigenvalue weighted by atomic mass is 9.81. The van der Waals surface area contributed by atoms with Gasteiger partial charge in [0.1, 0.15) is 12.1 Å². The normalized spacial score (nSPS) is 14.6. The number of halogens is 1. The first-order valence-corrected chi connectivity index (χ1v) is 11.4. The summed E-state index contributed by atoms with van der Waals surface area (Å²) in [6, 6.07) is 30.4. The van der Waals surface area contributed by atoms with Gasteiger partial charge in [-0.2, -0.15) is 0 Å². The van der Waals surface area contributed by atoms with Crippen LogP contribution in [0.1, 0.15) is 22.6 Å². The summed E-state index contributed by atoms with van der Waals surface area (Å²) in [5.41, 5.74) is 4.74. The molecule has 0 amide bonds. The van der Waals surface area contributed by atoms with Gasteiger partial charge in [-0.05, 0) is 34.5 Å². The summed E-state index contributed by atoms with van der Waals surface area (Å²) in [6.45, 7) is 0. The van der Waals surface area contributed by atoms with Crippen molar-refractivity contribution < 1.29 is 4.74 Å². The topological polar surface area (TPSA) is 52.3 Å². The van der Waals surface area contributed by atoms with E-state index in [-0.39, 0.29) is 5.92 Å². The summed E-state index contributed by atoms with van der Waals surface area (Å²) in [5, 5.41) is 7.70. The van der Waals surface area contributed by atoms with Crippen molar-refractivity contribution in [3.05, 3.63) is 119 Å². The minimum Gasteiger partial charge on any atom is -0.438 e. The van der Waals surface area contributed by atoms with Crippen molar-refractivity contribution in [1.29, 1.82) is 0 Å². The van der Waals surface area contributed by atoms with Crippen LogP contribution in [0.15, 0.2) is 97.3 Å². The molecule has 0 saturated carbocycles. The molecular formula is C28H17ClN4O. The first-order chi connectivity index (χ1) is 16.8. The highest BCUT2D eigenvalue weighted by molar-refractivity contribution is 6.30. The van der Waals surface area contributed by atoms with E-state index >= 15 is 0 Å².